The number of rotatable bonds is 6. The highest BCUT2D eigenvalue weighted by molar-refractivity contribution is 6.03. The molecule has 0 aliphatic carbocycles. The van der Waals surface area contributed by atoms with Crippen LogP contribution in [0.4, 0.5) is 5.69 Å². The molecule has 0 spiro atoms. The zero-order chi connectivity index (χ0) is 14.4. The maximum atomic E-state index is 11.9. The Hall–Kier alpha value is -2.76. The molecule has 2 aromatic rings. The average Bonchev–Trinajstić information content (AvgIpc) is 2.94. The number of furan rings is 1. The maximum Gasteiger partial charge on any atom is 0.291 e. The first-order valence-electron chi connectivity index (χ1n) is 6.02. The maximum absolute atomic E-state index is 11.9. The number of amides is 2. The Morgan fingerprint density at radius 2 is 2.00 bits per heavy atom. The van der Waals surface area contributed by atoms with Gasteiger partial charge in [-0.1, -0.05) is 12.1 Å². The van der Waals surface area contributed by atoms with E-state index in [0.29, 0.717) is 11.4 Å². The van der Waals surface area contributed by atoms with Crippen molar-refractivity contribution >= 4 is 17.5 Å². The van der Waals surface area contributed by atoms with Gasteiger partial charge < -0.3 is 20.2 Å². The summed E-state index contributed by atoms with van der Waals surface area (Å²) < 4.78 is 10.4. The van der Waals surface area contributed by atoms with Crippen molar-refractivity contribution in [1.29, 1.82) is 0 Å². The van der Waals surface area contributed by atoms with Crippen molar-refractivity contribution in [1.82, 2.24) is 0 Å². The van der Waals surface area contributed by atoms with Gasteiger partial charge in [-0.15, -0.1) is 0 Å². The highest BCUT2D eigenvalue weighted by atomic mass is 16.5. The molecule has 0 saturated carbocycles. The largest absolute Gasteiger partial charge is 0.491 e. The first-order chi connectivity index (χ1) is 9.66. The van der Waals surface area contributed by atoms with E-state index in [4.69, 9.17) is 14.9 Å². The molecule has 1 aromatic carbocycles. The third kappa shape index (κ3) is 3.61. The number of benzene rings is 1. The van der Waals surface area contributed by atoms with Gasteiger partial charge in [-0.25, -0.2) is 0 Å². The molecule has 0 aliphatic rings. The van der Waals surface area contributed by atoms with Crippen LogP contribution in [0.25, 0.3) is 0 Å². The molecule has 2 amide bonds. The summed E-state index contributed by atoms with van der Waals surface area (Å²) in [7, 11) is 0. The van der Waals surface area contributed by atoms with E-state index in [0.717, 1.165) is 0 Å². The SMILES string of the molecule is NC(=O)CCOc1ccccc1NC(=O)c1ccco1. The lowest BCUT2D eigenvalue weighted by Crippen LogP contribution is -2.16. The lowest BCUT2D eigenvalue weighted by molar-refractivity contribution is -0.118. The van der Waals surface area contributed by atoms with E-state index in [1.165, 1.54) is 6.26 Å². The summed E-state index contributed by atoms with van der Waals surface area (Å²) in [4.78, 5) is 22.5. The molecule has 20 heavy (non-hydrogen) atoms. The predicted molar refractivity (Wildman–Crippen MR) is 72.4 cm³/mol. The molecule has 0 atom stereocenters. The quantitative estimate of drug-likeness (QED) is 0.839. The molecule has 6 nitrogen and oxygen atoms in total. The molecule has 0 fully saturated rings. The number of primary amides is 1. The van der Waals surface area contributed by atoms with Gasteiger partial charge in [-0.2, -0.15) is 0 Å². The molecule has 6 heteroatoms. The minimum absolute atomic E-state index is 0.112. The zero-order valence-electron chi connectivity index (χ0n) is 10.7. The Labute approximate surface area is 115 Å². The Morgan fingerprint density at radius 3 is 2.70 bits per heavy atom. The molecule has 0 radical (unpaired) electrons. The fraction of sp³-hybridized carbons (Fsp3) is 0.143. The van der Waals surface area contributed by atoms with Crippen molar-refractivity contribution in [2.75, 3.05) is 11.9 Å². The van der Waals surface area contributed by atoms with Crippen LogP contribution in [-0.2, 0) is 4.79 Å². The number of hydrogen-bond donors (Lipinski definition) is 2. The minimum atomic E-state index is -0.442. The van der Waals surface area contributed by atoms with Gasteiger partial charge in [-0.05, 0) is 24.3 Å². The topological polar surface area (TPSA) is 94.6 Å². The van der Waals surface area contributed by atoms with E-state index in [-0.39, 0.29) is 24.7 Å². The molecular formula is C14H14N2O4. The van der Waals surface area contributed by atoms with Crippen molar-refractivity contribution in [3.8, 4) is 5.75 Å². The average molecular weight is 274 g/mol. The highest BCUT2D eigenvalue weighted by Gasteiger charge is 2.11. The summed E-state index contributed by atoms with van der Waals surface area (Å²) >= 11 is 0. The van der Waals surface area contributed by atoms with Crippen molar-refractivity contribution < 1.29 is 18.7 Å². The first-order valence-corrected chi connectivity index (χ1v) is 6.02. The van der Waals surface area contributed by atoms with Crippen molar-refractivity contribution in [2.45, 2.75) is 6.42 Å². The van der Waals surface area contributed by atoms with Crippen molar-refractivity contribution in [2.24, 2.45) is 5.73 Å². The normalized spacial score (nSPS) is 10.0. The third-order valence-corrected chi connectivity index (χ3v) is 2.49. The van der Waals surface area contributed by atoms with Crippen LogP contribution in [0.2, 0.25) is 0 Å². The van der Waals surface area contributed by atoms with E-state index in [1.54, 1.807) is 36.4 Å². The van der Waals surface area contributed by atoms with Gasteiger partial charge in [0.1, 0.15) is 5.75 Å². The van der Waals surface area contributed by atoms with Crippen LogP contribution in [-0.4, -0.2) is 18.4 Å². The summed E-state index contributed by atoms with van der Waals surface area (Å²) in [6.45, 7) is 0.156. The summed E-state index contributed by atoms with van der Waals surface area (Å²) in [6.07, 6.45) is 1.53. The van der Waals surface area contributed by atoms with Crippen molar-refractivity contribution in [3.63, 3.8) is 0 Å². The van der Waals surface area contributed by atoms with E-state index in [2.05, 4.69) is 5.32 Å². The Balaban J connectivity index is 2.04. The summed E-state index contributed by atoms with van der Waals surface area (Å²) in [5.74, 6) is -0.145. The second kappa shape index (κ2) is 6.42. The lowest BCUT2D eigenvalue weighted by atomic mass is 10.3. The van der Waals surface area contributed by atoms with Gasteiger partial charge >= 0.3 is 0 Å². The van der Waals surface area contributed by atoms with Crippen molar-refractivity contribution in [3.05, 3.63) is 48.4 Å². The van der Waals surface area contributed by atoms with Gasteiger partial charge in [0.15, 0.2) is 5.76 Å². The number of nitrogens with two attached hydrogens (primary N) is 1. The fourth-order valence-corrected chi connectivity index (χ4v) is 1.55. The number of para-hydroxylation sites is 2. The molecule has 3 N–H and O–H groups in total. The molecule has 0 unspecified atom stereocenters. The Bertz CT molecular complexity index is 593. The second-order valence-corrected chi connectivity index (χ2v) is 3.99. The lowest BCUT2D eigenvalue weighted by Gasteiger charge is -2.11. The number of hydrogen-bond acceptors (Lipinski definition) is 4. The van der Waals surface area contributed by atoms with E-state index in [1.807, 2.05) is 0 Å². The van der Waals surface area contributed by atoms with Crippen LogP contribution < -0.4 is 15.8 Å². The fourth-order valence-electron chi connectivity index (χ4n) is 1.55. The van der Waals surface area contributed by atoms with Gasteiger partial charge in [0.25, 0.3) is 5.91 Å². The minimum Gasteiger partial charge on any atom is -0.491 e. The van der Waals surface area contributed by atoms with Crippen LogP contribution in [0.5, 0.6) is 5.75 Å². The Morgan fingerprint density at radius 1 is 1.20 bits per heavy atom. The highest BCUT2D eigenvalue weighted by Crippen LogP contribution is 2.24. The van der Waals surface area contributed by atoms with Crippen LogP contribution in [0.15, 0.2) is 47.1 Å². The van der Waals surface area contributed by atoms with Gasteiger partial charge in [0.2, 0.25) is 5.91 Å². The summed E-state index contributed by atoms with van der Waals surface area (Å²) in [6, 6.07) is 10.1. The number of ether oxygens (including phenoxy) is 1. The van der Waals surface area contributed by atoms with Crippen LogP contribution in [0, 0.1) is 0 Å². The molecule has 0 aliphatic heterocycles. The molecule has 1 heterocycles. The third-order valence-electron chi connectivity index (χ3n) is 2.49. The van der Waals surface area contributed by atoms with Gasteiger partial charge in [0.05, 0.1) is 25.0 Å². The van der Waals surface area contributed by atoms with Gasteiger partial charge in [-0.3, -0.25) is 9.59 Å². The van der Waals surface area contributed by atoms with Gasteiger partial charge in [0, 0.05) is 0 Å². The van der Waals surface area contributed by atoms with Crippen LogP contribution in [0.3, 0.4) is 0 Å². The Kier molecular flexibility index (Phi) is 4.39. The predicted octanol–water partition coefficient (Wildman–Crippen LogP) is 1.79. The number of carbonyl (C=O) groups is 2. The first kappa shape index (κ1) is 13.7. The molecule has 0 bridgehead atoms. The molecular weight excluding hydrogens is 260 g/mol. The number of anilines is 1. The second-order valence-electron chi connectivity index (χ2n) is 3.99. The molecule has 0 saturated heterocycles. The summed E-state index contributed by atoms with van der Waals surface area (Å²) in [5.41, 5.74) is 5.54. The van der Waals surface area contributed by atoms with Crippen LogP contribution in [0.1, 0.15) is 17.0 Å². The standard InChI is InChI=1S/C14H14N2O4/c15-13(17)7-9-20-11-5-2-1-4-10(11)16-14(18)12-6-3-8-19-12/h1-6,8H,7,9H2,(H2,15,17)(H,16,18). The number of carbonyl (C=O) groups excluding carboxylic acids is 2. The zero-order valence-corrected chi connectivity index (χ0v) is 10.7. The monoisotopic (exact) mass is 274 g/mol. The number of nitrogens with one attached hydrogen (secondary N) is 1. The van der Waals surface area contributed by atoms with E-state index in [9.17, 15) is 9.59 Å². The van der Waals surface area contributed by atoms with Crippen LogP contribution >= 0.6 is 0 Å². The summed E-state index contributed by atoms with van der Waals surface area (Å²) in [5, 5.41) is 2.68. The smallest absolute Gasteiger partial charge is 0.291 e. The van der Waals surface area contributed by atoms with E-state index >= 15 is 0 Å². The molecule has 104 valence electrons. The molecule has 2 rings (SSSR count). The van der Waals surface area contributed by atoms with E-state index < -0.39 is 5.91 Å². The molecule has 1 aromatic heterocycles.